The number of nitrogens with zero attached hydrogens (tertiary/aromatic N) is 1. The third-order valence-corrected chi connectivity index (χ3v) is 6.03. The van der Waals surface area contributed by atoms with Crippen LogP contribution in [0.2, 0.25) is 0 Å². The summed E-state index contributed by atoms with van der Waals surface area (Å²) in [6.45, 7) is 3.24. The van der Waals surface area contributed by atoms with Gasteiger partial charge in [0, 0.05) is 25.7 Å². The van der Waals surface area contributed by atoms with Crippen molar-refractivity contribution in [1.82, 2.24) is 10.2 Å². The van der Waals surface area contributed by atoms with Crippen molar-refractivity contribution in [2.75, 3.05) is 19.6 Å². The van der Waals surface area contributed by atoms with E-state index in [0.29, 0.717) is 12.0 Å². The maximum Gasteiger partial charge on any atom is 0.239 e. The summed E-state index contributed by atoms with van der Waals surface area (Å²) >= 11 is 0. The van der Waals surface area contributed by atoms with Gasteiger partial charge in [-0.3, -0.25) is 10.1 Å². The first kappa shape index (κ1) is 13.1. The van der Waals surface area contributed by atoms with Gasteiger partial charge < -0.3 is 10.6 Å². The number of carbonyl (C=O) groups is 1. The number of nitrogens with two attached hydrogens (primary N) is 1. The second-order valence-electron chi connectivity index (χ2n) is 7.67. The van der Waals surface area contributed by atoms with Crippen molar-refractivity contribution >= 4 is 5.91 Å². The van der Waals surface area contributed by atoms with Crippen LogP contribution in [0.4, 0.5) is 0 Å². The Balaban J connectivity index is 1.48. The molecule has 3 N–H and O–H groups in total. The van der Waals surface area contributed by atoms with Crippen molar-refractivity contribution in [3.8, 4) is 0 Å². The number of hydrogen-bond donors (Lipinski definition) is 2. The molecular formula is C16H27N3O. The van der Waals surface area contributed by atoms with Gasteiger partial charge in [0.25, 0.3) is 0 Å². The van der Waals surface area contributed by atoms with Gasteiger partial charge in [0.2, 0.25) is 5.91 Å². The zero-order chi connectivity index (χ0) is 13.7. The van der Waals surface area contributed by atoms with Crippen LogP contribution < -0.4 is 11.1 Å². The Hall–Kier alpha value is -0.610. The highest BCUT2D eigenvalue weighted by Gasteiger charge is 2.53. The van der Waals surface area contributed by atoms with Crippen LogP contribution in [0.5, 0.6) is 0 Å². The van der Waals surface area contributed by atoms with Gasteiger partial charge in [-0.2, -0.15) is 0 Å². The van der Waals surface area contributed by atoms with Gasteiger partial charge in [0.05, 0.1) is 0 Å². The molecule has 4 aliphatic rings. The van der Waals surface area contributed by atoms with Gasteiger partial charge in [0.1, 0.15) is 5.54 Å². The molecule has 0 aromatic carbocycles. The summed E-state index contributed by atoms with van der Waals surface area (Å²) in [7, 11) is 0. The molecule has 3 saturated carbocycles. The molecule has 0 aromatic rings. The van der Waals surface area contributed by atoms with E-state index in [1.54, 1.807) is 0 Å². The molecule has 3 unspecified atom stereocenters. The summed E-state index contributed by atoms with van der Waals surface area (Å²) in [5.74, 6) is 2.16. The Labute approximate surface area is 121 Å². The summed E-state index contributed by atoms with van der Waals surface area (Å²) in [4.78, 5) is 14.8. The number of amides is 1. The molecule has 1 amide bonds. The fraction of sp³-hybridized carbons (Fsp3) is 0.938. The van der Waals surface area contributed by atoms with Crippen LogP contribution in [0.25, 0.3) is 0 Å². The average Bonchev–Trinajstić information content (AvgIpc) is 3.28. The van der Waals surface area contributed by atoms with Crippen molar-refractivity contribution in [1.29, 1.82) is 0 Å². The van der Waals surface area contributed by atoms with E-state index < -0.39 is 5.54 Å². The first-order valence-corrected chi connectivity index (χ1v) is 8.47. The smallest absolute Gasteiger partial charge is 0.239 e. The standard InChI is InChI=1S/C16H27N3O/c17-15(20)16(13-4-5-13,18-14-6-7-14)10-19-8-11-2-1-3-12(11)9-19/h11-14,18H,1-10H2,(H2,17,20). The Kier molecular flexibility index (Phi) is 3.08. The lowest BCUT2D eigenvalue weighted by molar-refractivity contribution is -0.126. The lowest BCUT2D eigenvalue weighted by Gasteiger charge is -2.36. The number of primary amides is 1. The highest BCUT2D eigenvalue weighted by atomic mass is 16.1. The van der Waals surface area contributed by atoms with Crippen LogP contribution in [0, 0.1) is 17.8 Å². The van der Waals surface area contributed by atoms with Crippen LogP contribution in [0.1, 0.15) is 44.9 Å². The minimum absolute atomic E-state index is 0.107. The second kappa shape index (κ2) is 4.70. The molecule has 20 heavy (non-hydrogen) atoms. The SMILES string of the molecule is NC(=O)C(CN1CC2CCCC2C1)(NC1CC1)C1CC1. The summed E-state index contributed by atoms with van der Waals surface area (Å²) in [6.07, 6.45) is 8.97. The number of nitrogens with one attached hydrogen (secondary N) is 1. The Morgan fingerprint density at radius 3 is 2.25 bits per heavy atom. The van der Waals surface area contributed by atoms with Gasteiger partial charge in [0.15, 0.2) is 0 Å². The summed E-state index contributed by atoms with van der Waals surface area (Å²) in [5.41, 5.74) is 5.42. The predicted octanol–water partition coefficient (Wildman–Crippen LogP) is 1.10. The average molecular weight is 277 g/mol. The van der Waals surface area contributed by atoms with E-state index in [1.807, 2.05) is 0 Å². The lowest BCUT2D eigenvalue weighted by Crippen LogP contribution is -2.63. The van der Waals surface area contributed by atoms with E-state index in [0.717, 1.165) is 18.4 Å². The molecule has 1 saturated heterocycles. The highest BCUT2D eigenvalue weighted by Crippen LogP contribution is 2.44. The van der Waals surface area contributed by atoms with Gasteiger partial charge in [-0.25, -0.2) is 0 Å². The highest BCUT2D eigenvalue weighted by molar-refractivity contribution is 5.86. The van der Waals surface area contributed by atoms with Crippen molar-refractivity contribution in [3.05, 3.63) is 0 Å². The summed E-state index contributed by atoms with van der Waals surface area (Å²) < 4.78 is 0. The number of likely N-dealkylation sites (tertiary alicyclic amines) is 1. The maximum atomic E-state index is 12.2. The Morgan fingerprint density at radius 2 is 1.75 bits per heavy atom. The fourth-order valence-electron chi connectivity index (χ4n) is 4.62. The number of fused-ring (bicyclic) bond motifs is 1. The molecule has 4 fully saturated rings. The first-order valence-electron chi connectivity index (χ1n) is 8.47. The van der Waals surface area contributed by atoms with Crippen LogP contribution in [0.3, 0.4) is 0 Å². The van der Waals surface area contributed by atoms with Gasteiger partial charge >= 0.3 is 0 Å². The Morgan fingerprint density at radius 1 is 1.10 bits per heavy atom. The van der Waals surface area contributed by atoms with E-state index in [4.69, 9.17) is 5.73 Å². The molecule has 112 valence electrons. The molecule has 1 aliphatic heterocycles. The molecule has 0 aromatic heterocycles. The molecule has 4 rings (SSSR count). The fourth-order valence-corrected chi connectivity index (χ4v) is 4.62. The molecule has 0 spiro atoms. The van der Waals surface area contributed by atoms with Crippen LogP contribution in [-0.4, -0.2) is 42.0 Å². The molecule has 4 nitrogen and oxygen atoms in total. The minimum atomic E-state index is -0.431. The van der Waals surface area contributed by atoms with E-state index in [-0.39, 0.29) is 5.91 Å². The normalized spacial score (nSPS) is 36.8. The summed E-state index contributed by atoms with van der Waals surface area (Å²) in [6, 6.07) is 0.546. The third-order valence-electron chi connectivity index (χ3n) is 6.03. The minimum Gasteiger partial charge on any atom is -0.368 e. The number of carbonyl (C=O) groups excluding carboxylic acids is 1. The summed E-state index contributed by atoms with van der Waals surface area (Å²) in [5, 5.41) is 3.64. The molecule has 3 aliphatic carbocycles. The van der Waals surface area contributed by atoms with E-state index in [1.165, 1.54) is 58.0 Å². The van der Waals surface area contributed by atoms with Gasteiger partial charge in [-0.05, 0) is 56.3 Å². The van der Waals surface area contributed by atoms with E-state index in [9.17, 15) is 4.79 Å². The van der Waals surface area contributed by atoms with Crippen LogP contribution in [0.15, 0.2) is 0 Å². The molecule has 1 heterocycles. The molecule has 0 radical (unpaired) electrons. The van der Waals surface area contributed by atoms with Gasteiger partial charge in [-0.1, -0.05) is 6.42 Å². The number of rotatable bonds is 6. The van der Waals surface area contributed by atoms with Gasteiger partial charge in [-0.15, -0.1) is 0 Å². The molecule has 4 heteroatoms. The van der Waals surface area contributed by atoms with Crippen molar-refractivity contribution < 1.29 is 4.79 Å². The topological polar surface area (TPSA) is 58.4 Å². The zero-order valence-corrected chi connectivity index (χ0v) is 12.3. The van der Waals surface area contributed by atoms with Crippen LogP contribution in [-0.2, 0) is 4.79 Å². The quantitative estimate of drug-likeness (QED) is 0.764. The van der Waals surface area contributed by atoms with Crippen molar-refractivity contribution in [2.45, 2.75) is 56.5 Å². The first-order chi connectivity index (χ1) is 9.67. The molecule has 0 bridgehead atoms. The number of hydrogen-bond acceptors (Lipinski definition) is 3. The predicted molar refractivity (Wildman–Crippen MR) is 78.1 cm³/mol. The Bertz CT molecular complexity index is 393. The maximum absolute atomic E-state index is 12.2. The van der Waals surface area contributed by atoms with Crippen molar-refractivity contribution in [3.63, 3.8) is 0 Å². The second-order valence-corrected chi connectivity index (χ2v) is 7.67. The third kappa shape index (κ3) is 2.27. The van der Waals surface area contributed by atoms with E-state index in [2.05, 4.69) is 10.2 Å². The lowest BCUT2D eigenvalue weighted by atomic mass is 9.91. The van der Waals surface area contributed by atoms with E-state index >= 15 is 0 Å². The molecular weight excluding hydrogens is 250 g/mol. The monoisotopic (exact) mass is 277 g/mol. The molecule has 3 atom stereocenters. The zero-order valence-electron chi connectivity index (χ0n) is 12.3. The van der Waals surface area contributed by atoms with Crippen LogP contribution >= 0.6 is 0 Å². The van der Waals surface area contributed by atoms with Crippen molar-refractivity contribution in [2.24, 2.45) is 23.5 Å². The largest absolute Gasteiger partial charge is 0.368 e.